The van der Waals surface area contributed by atoms with E-state index in [1.54, 1.807) is 17.5 Å². The maximum atomic E-state index is 6.00. The van der Waals surface area contributed by atoms with Gasteiger partial charge in [0.15, 0.2) is 0 Å². The highest BCUT2D eigenvalue weighted by Gasteiger charge is 2.12. The molecule has 134 valence electrons. The molecule has 2 N–H and O–H groups in total. The second kappa shape index (κ2) is 6.83. The van der Waals surface area contributed by atoms with Gasteiger partial charge < -0.3 is 5.73 Å². The van der Waals surface area contributed by atoms with Crippen LogP contribution in [0.4, 0.5) is 5.95 Å². The number of hydrogen-bond donors (Lipinski definition) is 1. The lowest BCUT2D eigenvalue weighted by atomic mass is 10.00. The van der Waals surface area contributed by atoms with E-state index in [-0.39, 0.29) is 5.95 Å². The molecule has 0 aliphatic carbocycles. The van der Waals surface area contributed by atoms with Gasteiger partial charge in [-0.15, -0.1) is 11.3 Å². The highest BCUT2D eigenvalue weighted by molar-refractivity contribution is 7.13. The normalized spacial score (nSPS) is 11.0. The molecular formula is C22H15N5S. The molecule has 0 radical (unpaired) electrons. The molecule has 5 rings (SSSR count). The maximum Gasteiger partial charge on any atom is 0.221 e. The summed E-state index contributed by atoms with van der Waals surface area (Å²) in [5, 5.41) is 3.89. The van der Waals surface area contributed by atoms with Crippen molar-refractivity contribution in [2.75, 3.05) is 5.73 Å². The lowest BCUT2D eigenvalue weighted by molar-refractivity contribution is 1.24. The lowest BCUT2D eigenvalue weighted by Crippen LogP contribution is -1.98. The minimum Gasteiger partial charge on any atom is -0.368 e. The van der Waals surface area contributed by atoms with Crippen LogP contribution in [-0.4, -0.2) is 19.9 Å². The summed E-state index contributed by atoms with van der Waals surface area (Å²) >= 11 is 1.61. The molecule has 3 heterocycles. The summed E-state index contributed by atoms with van der Waals surface area (Å²) in [6, 6.07) is 18.3. The number of pyridine rings is 1. The van der Waals surface area contributed by atoms with Crippen molar-refractivity contribution < 1.29 is 0 Å². The number of benzene rings is 2. The zero-order valence-electron chi connectivity index (χ0n) is 14.8. The van der Waals surface area contributed by atoms with E-state index >= 15 is 0 Å². The summed E-state index contributed by atoms with van der Waals surface area (Å²) in [4.78, 5) is 17.6. The van der Waals surface area contributed by atoms with Crippen molar-refractivity contribution in [3.8, 4) is 33.0 Å². The van der Waals surface area contributed by atoms with Crippen LogP contribution in [0.2, 0.25) is 0 Å². The predicted octanol–water partition coefficient (Wildman–Crippen LogP) is 5.06. The van der Waals surface area contributed by atoms with Crippen LogP contribution in [-0.2, 0) is 0 Å². The number of hydrogen-bond acceptors (Lipinski definition) is 6. The van der Waals surface area contributed by atoms with Crippen LogP contribution in [0.15, 0.2) is 78.6 Å². The summed E-state index contributed by atoms with van der Waals surface area (Å²) in [5.74, 6) is 0.260. The van der Waals surface area contributed by atoms with Crippen molar-refractivity contribution >= 4 is 28.2 Å². The lowest BCUT2D eigenvalue weighted by Gasteiger charge is -2.10. The van der Waals surface area contributed by atoms with Crippen LogP contribution in [0.5, 0.6) is 0 Å². The first-order valence-electron chi connectivity index (χ1n) is 8.76. The van der Waals surface area contributed by atoms with Gasteiger partial charge in [0.2, 0.25) is 5.95 Å². The fraction of sp³-hybridized carbons (Fsp3) is 0. The first-order valence-corrected chi connectivity index (χ1v) is 9.64. The van der Waals surface area contributed by atoms with Gasteiger partial charge in [-0.2, -0.15) is 0 Å². The minimum absolute atomic E-state index is 0.260. The van der Waals surface area contributed by atoms with Crippen LogP contribution in [0.25, 0.3) is 43.9 Å². The second-order valence-electron chi connectivity index (χ2n) is 6.32. The van der Waals surface area contributed by atoms with Gasteiger partial charge in [0.25, 0.3) is 0 Å². The molecule has 2 aromatic carbocycles. The molecule has 6 heteroatoms. The Kier molecular flexibility index (Phi) is 4.03. The molecule has 0 aliphatic rings. The molecular weight excluding hydrogens is 366 g/mol. The number of nitrogens with two attached hydrogens (primary N) is 1. The van der Waals surface area contributed by atoms with Crippen molar-refractivity contribution in [1.82, 2.24) is 19.9 Å². The number of rotatable bonds is 3. The van der Waals surface area contributed by atoms with Crippen LogP contribution in [0, 0.1) is 0 Å². The quantitative estimate of drug-likeness (QED) is 0.472. The van der Waals surface area contributed by atoms with E-state index in [2.05, 4.69) is 38.1 Å². The molecule has 0 saturated heterocycles. The van der Waals surface area contributed by atoms with Crippen LogP contribution in [0.3, 0.4) is 0 Å². The summed E-state index contributed by atoms with van der Waals surface area (Å²) in [5.41, 5.74) is 11.8. The van der Waals surface area contributed by atoms with Gasteiger partial charge in [0.05, 0.1) is 11.2 Å². The second-order valence-corrected chi connectivity index (χ2v) is 7.22. The third kappa shape index (κ3) is 3.00. The highest BCUT2D eigenvalue weighted by Crippen LogP contribution is 2.33. The Hall–Kier alpha value is -3.64. The number of thiazole rings is 1. The van der Waals surface area contributed by atoms with E-state index < -0.39 is 0 Å². The monoisotopic (exact) mass is 381 g/mol. The average Bonchev–Trinajstić information content (AvgIpc) is 3.28. The molecule has 3 aromatic heterocycles. The van der Waals surface area contributed by atoms with E-state index in [9.17, 15) is 0 Å². The number of nitrogens with zero attached hydrogens (tertiary/aromatic N) is 4. The summed E-state index contributed by atoms with van der Waals surface area (Å²) in [6.45, 7) is 0. The van der Waals surface area contributed by atoms with E-state index in [4.69, 9.17) is 5.73 Å². The zero-order chi connectivity index (χ0) is 18.9. The Labute approximate surface area is 165 Å². The average molecular weight is 381 g/mol. The van der Waals surface area contributed by atoms with Gasteiger partial charge in [-0.25, -0.2) is 15.0 Å². The molecule has 0 atom stereocenters. The first-order chi connectivity index (χ1) is 13.8. The van der Waals surface area contributed by atoms with Crippen molar-refractivity contribution in [1.29, 1.82) is 0 Å². The van der Waals surface area contributed by atoms with Crippen LogP contribution < -0.4 is 5.73 Å². The standard InChI is InChI=1S/C22H15N5S/c23-22-26-19-7-6-16(21-25-9-10-28-21)12-18(19)20(27-22)15-4-1-3-14(11-15)17-5-2-8-24-13-17/h1-13H,(H2,23,26,27). The molecule has 0 amide bonds. The molecule has 5 nitrogen and oxygen atoms in total. The molecule has 0 spiro atoms. The van der Waals surface area contributed by atoms with Gasteiger partial charge in [-0.3, -0.25) is 4.98 Å². The van der Waals surface area contributed by atoms with E-state index in [1.165, 1.54) is 0 Å². The van der Waals surface area contributed by atoms with E-state index in [0.717, 1.165) is 43.9 Å². The van der Waals surface area contributed by atoms with Gasteiger partial charge in [-0.05, 0) is 35.9 Å². The molecule has 28 heavy (non-hydrogen) atoms. The molecule has 0 saturated carbocycles. The Morgan fingerprint density at radius 1 is 0.786 bits per heavy atom. The van der Waals surface area contributed by atoms with Crippen LogP contribution in [0.1, 0.15) is 0 Å². The van der Waals surface area contributed by atoms with Crippen LogP contribution >= 0.6 is 11.3 Å². The number of anilines is 1. The minimum atomic E-state index is 0.260. The van der Waals surface area contributed by atoms with Gasteiger partial charge in [0.1, 0.15) is 5.01 Å². The molecule has 0 unspecified atom stereocenters. The summed E-state index contributed by atoms with van der Waals surface area (Å²) in [7, 11) is 0. The fourth-order valence-corrected chi connectivity index (χ4v) is 3.88. The zero-order valence-corrected chi connectivity index (χ0v) is 15.6. The summed E-state index contributed by atoms with van der Waals surface area (Å²) in [6.07, 6.45) is 5.43. The predicted molar refractivity (Wildman–Crippen MR) is 114 cm³/mol. The molecule has 5 aromatic rings. The Morgan fingerprint density at radius 3 is 2.50 bits per heavy atom. The topological polar surface area (TPSA) is 77.6 Å². The van der Waals surface area contributed by atoms with Gasteiger partial charge in [0, 0.05) is 46.0 Å². The number of nitrogen functional groups attached to an aromatic ring is 1. The van der Waals surface area contributed by atoms with Crippen molar-refractivity contribution in [2.24, 2.45) is 0 Å². The number of fused-ring (bicyclic) bond motifs is 1. The van der Waals surface area contributed by atoms with Crippen molar-refractivity contribution in [3.63, 3.8) is 0 Å². The van der Waals surface area contributed by atoms with Gasteiger partial charge >= 0.3 is 0 Å². The number of aromatic nitrogens is 4. The molecule has 0 fully saturated rings. The maximum absolute atomic E-state index is 6.00. The Balaban J connectivity index is 1.71. The summed E-state index contributed by atoms with van der Waals surface area (Å²) < 4.78 is 0. The third-order valence-corrected chi connectivity index (χ3v) is 5.35. The highest BCUT2D eigenvalue weighted by atomic mass is 32.1. The smallest absolute Gasteiger partial charge is 0.221 e. The van der Waals surface area contributed by atoms with E-state index in [0.29, 0.717) is 0 Å². The largest absolute Gasteiger partial charge is 0.368 e. The van der Waals surface area contributed by atoms with Gasteiger partial charge in [-0.1, -0.05) is 24.3 Å². The molecule has 0 aliphatic heterocycles. The fourth-order valence-electron chi connectivity index (χ4n) is 3.25. The van der Waals surface area contributed by atoms with Crippen molar-refractivity contribution in [3.05, 3.63) is 78.6 Å². The first kappa shape index (κ1) is 16.5. The SMILES string of the molecule is Nc1nc(-c2cccc(-c3cccnc3)c2)c2cc(-c3nccs3)ccc2n1. The molecule has 0 bridgehead atoms. The third-order valence-electron chi connectivity index (χ3n) is 4.52. The van der Waals surface area contributed by atoms with E-state index in [1.807, 2.05) is 54.2 Å². The Morgan fingerprint density at radius 2 is 1.68 bits per heavy atom. The van der Waals surface area contributed by atoms with Crippen molar-refractivity contribution in [2.45, 2.75) is 0 Å². The Bertz CT molecular complexity index is 1270.